The highest BCUT2D eigenvalue weighted by molar-refractivity contribution is 5.73. The van der Waals surface area contributed by atoms with Gasteiger partial charge in [-0.15, -0.1) is 0 Å². The molecular formula is C15H18N6. The van der Waals surface area contributed by atoms with Gasteiger partial charge in [0.1, 0.15) is 5.69 Å². The summed E-state index contributed by atoms with van der Waals surface area (Å²) >= 11 is 0. The molecule has 0 fully saturated rings. The molecule has 6 nitrogen and oxygen atoms in total. The molecule has 0 amide bonds. The Morgan fingerprint density at radius 3 is 2.67 bits per heavy atom. The Balaban J connectivity index is 2.11. The lowest BCUT2D eigenvalue weighted by Crippen LogP contribution is -2.13. The van der Waals surface area contributed by atoms with Crippen LogP contribution in [0.1, 0.15) is 13.3 Å². The van der Waals surface area contributed by atoms with Crippen LogP contribution in [0.25, 0.3) is 22.8 Å². The molecule has 0 spiro atoms. The van der Waals surface area contributed by atoms with Crippen molar-refractivity contribution in [3.63, 3.8) is 0 Å². The highest BCUT2D eigenvalue weighted by atomic mass is 15.4. The molecule has 0 unspecified atom stereocenters. The molecular weight excluding hydrogens is 264 g/mol. The van der Waals surface area contributed by atoms with Crippen molar-refractivity contribution >= 4 is 5.82 Å². The number of nitrogens with two attached hydrogens (primary N) is 2. The summed E-state index contributed by atoms with van der Waals surface area (Å²) in [4.78, 5) is 8.80. The highest BCUT2D eigenvalue weighted by Gasteiger charge is 2.18. The van der Waals surface area contributed by atoms with Crippen LogP contribution in [-0.4, -0.2) is 19.2 Å². The van der Waals surface area contributed by atoms with Crippen LogP contribution < -0.4 is 11.6 Å². The number of hydrogen-bond acceptors (Lipinski definition) is 4. The van der Waals surface area contributed by atoms with E-state index in [1.807, 2.05) is 34.9 Å². The van der Waals surface area contributed by atoms with Crippen LogP contribution >= 0.6 is 0 Å². The summed E-state index contributed by atoms with van der Waals surface area (Å²) in [5.41, 5.74) is 8.62. The second-order valence-electron chi connectivity index (χ2n) is 4.88. The molecule has 108 valence electrons. The highest BCUT2D eigenvalue weighted by Crippen LogP contribution is 2.29. The van der Waals surface area contributed by atoms with Gasteiger partial charge in [-0.3, -0.25) is 0 Å². The summed E-state index contributed by atoms with van der Waals surface area (Å²) in [6.07, 6.45) is 4.57. The predicted molar refractivity (Wildman–Crippen MR) is 83.7 cm³/mol. The molecule has 2 heterocycles. The van der Waals surface area contributed by atoms with E-state index in [-0.39, 0.29) is 0 Å². The maximum absolute atomic E-state index is 6.13. The lowest BCUT2D eigenvalue weighted by molar-refractivity contribution is 0.683. The molecule has 21 heavy (non-hydrogen) atoms. The van der Waals surface area contributed by atoms with Crippen LogP contribution in [0.4, 0.5) is 5.82 Å². The van der Waals surface area contributed by atoms with E-state index in [0.717, 1.165) is 24.2 Å². The topological polar surface area (TPSA) is 87.7 Å². The standard InChI is InChI=1S/C15H18N6/c1-2-8-20-10-18-9-12(20)13-14(16)21(17)15(19-13)11-6-4-3-5-7-11/h3-7,9-10H,2,8,16-17H2,1H3. The fraction of sp³-hybridized carbons (Fsp3) is 0.200. The number of nitrogen functional groups attached to an aromatic ring is 2. The first-order valence-electron chi connectivity index (χ1n) is 6.91. The number of benzene rings is 1. The summed E-state index contributed by atoms with van der Waals surface area (Å²) in [6, 6.07) is 9.76. The molecule has 0 radical (unpaired) electrons. The summed E-state index contributed by atoms with van der Waals surface area (Å²) in [5.74, 6) is 7.15. The largest absolute Gasteiger partial charge is 0.382 e. The Bertz CT molecular complexity index is 741. The zero-order valence-electron chi connectivity index (χ0n) is 11.9. The van der Waals surface area contributed by atoms with E-state index < -0.39 is 0 Å². The summed E-state index contributed by atoms with van der Waals surface area (Å²) in [5, 5.41) is 0. The number of aromatic nitrogens is 4. The number of imidazole rings is 2. The third-order valence-electron chi connectivity index (χ3n) is 3.40. The lowest BCUT2D eigenvalue weighted by atomic mass is 10.2. The molecule has 3 rings (SSSR count). The van der Waals surface area contributed by atoms with Crippen LogP contribution in [0.5, 0.6) is 0 Å². The maximum atomic E-state index is 6.13. The van der Waals surface area contributed by atoms with E-state index in [1.54, 1.807) is 12.5 Å². The lowest BCUT2D eigenvalue weighted by Gasteiger charge is -2.04. The summed E-state index contributed by atoms with van der Waals surface area (Å²) < 4.78 is 3.46. The van der Waals surface area contributed by atoms with Gasteiger partial charge in [0, 0.05) is 12.1 Å². The van der Waals surface area contributed by atoms with Gasteiger partial charge in [0.25, 0.3) is 0 Å². The fourth-order valence-corrected chi connectivity index (χ4v) is 2.36. The van der Waals surface area contributed by atoms with Crippen LogP contribution in [-0.2, 0) is 6.54 Å². The smallest absolute Gasteiger partial charge is 0.161 e. The first-order valence-corrected chi connectivity index (χ1v) is 6.91. The van der Waals surface area contributed by atoms with Crippen molar-refractivity contribution < 1.29 is 0 Å². The minimum absolute atomic E-state index is 0.437. The van der Waals surface area contributed by atoms with Crippen molar-refractivity contribution in [1.29, 1.82) is 0 Å². The van der Waals surface area contributed by atoms with Gasteiger partial charge >= 0.3 is 0 Å². The summed E-state index contributed by atoms with van der Waals surface area (Å²) in [6.45, 7) is 2.98. The Hall–Kier alpha value is -2.76. The number of nitrogens with zero attached hydrogens (tertiary/aromatic N) is 4. The van der Waals surface area contributed by atoms with Crippen molar-refractivity contribution in [1.82, 2.24) is 19.2 Å². The van der Waals surface area contributed by atoms with Gasteiger partial charge in [-0.2, -0.15) is 0 Å². The second kappa shape index (κ2) is 5.32. The number of rotatable bonds is 4. The third-order valence-corrected chi connectivity index (χ3v) is 3.40. The van der Waals surface area contributed by atoms with E-state index in [0.29, 0.717) is 17.3 Å². The van der Waals surface area contributed by atoms with E-state index in [2.05, 4.69) is 16.9 Å². The molecule has 0 aliphatic carbocycles. The van der Waals surface area contributed by atoms with Crippen molar-refractivity contribution in [3.8, 4) is 22.8 Å². The molecule has 3 aromatic rings. The number of hydrogen-bond donors (Lipinski definition) is 2. The third kappa shape index (κ3) is 2.24. The van der Waals surface area contributed by atoms with E-state index in [4.69, 9.17) is 11.6 Å². The van der Waals surface area contributed by atoms with Crippen LogP contribution in [0.3, 0.4) is 0 Å². The van der Waals surface area contributed by atoms with Crippen molar-refractivity contribution in [2.45, 2.75) is 19.9 Å². The molecule has 0 bridgehead atoms. The average molecular weight is 282 g/mol. The molecule has 0 saturated carbocycles. The van der Waals surface area contributed by atoms with Gasteiger partial charge in [-0.05, 0) is 6.42 Å². The quantitative estimate of drug-likeness (QED) is 0.717. The molecule has 0 saturated heterocycles. The van der Waals surface area contributed by atoms with Gasteiger partial charge in [-0.1, -0.05) is 37.3 Å². The average Bonchev–Trinajstić information content (AvgIpc) is 3.07. The molecule has 0 aliphatic heterocycles. The molecule has 0 aliphatic rings. The molecule has 1 aromatic carbocycles. The van der Waals surface area contributed by atoms with Crippen LogP contribution in [0, 0.1) is 0 Å². The summed E-state index contributed by atoms with van der Waals surface area (Å²) in [7, 11) is 0. The zero-order valence-corrected chi connectivity index (χ0v) is 11.9. The molecule has 0 atom stereocenters. The van der Waals surface area contributed by atoms with Gasteiger partial charge in [0.2, 0.25) is 0 Å². The maximum Gasteiger partial charge on any atom is 0.161 e. The van der Waals surface area contributed by atoms with Crippen molar-refractivity contribution in [2.24, 2.45) is 0 Å². The molecule has 2 aromatic heterocycles. The first-order chi connectivity index (χ1) is 10.2. The monoisotopic (exact) mass is 282 g/mol. The number of anilines is 1. The van der Waals surface area contributed by atoms with Crippen LogP contribution in [0.15, 0.2) is 42.9 Å². The zero-order chi connectivity index (χ0) is 14.8. The van der Waals surface area contributed by atoms with Crippen molar-refractivity contribution in [3.05, 3.63) is 42.9 Å². The second-order valence-corrected chi connectivity index (χ2v) is 4.88. The minimum Gasteiger partial charge on any atom is -0.382 e. The minimum atomic E-state index is 0.437. The van der Waals surface area contributed by atoms with Gasteiger partial charge in [0.05, 0.1) is 18.2 Å². The van der Waals surface area contributed by atoms with Gasteiger partial charge in [0.15, 0.2) is 11.6 Å². The van der Waals surface area contributed by atoms with E-state index in [9.17, 15) is 0 Å². The Labute approximate surface area is 123 Å². The van der Waals surface area contributed by atoms with Gasteiger partial charge in [-0.25, -0.2) is 14.6 Å². The first kappa shape index (κ1) is 13.2. The Morgan fingerprint density at radius 2 is 1.95 bits per heavy atom. The normalized spacial score (nSPS) is 10.9. The SMILES string of the molecule is CCCn1cncc1-c1nc(-c2ccccc2)n(N)c1N. The van der Waals surface area contributed by atoms with Crippen LogP contribution in [0.2, 0.25) is 0 Å². The van der Waals surface area contributed by atoms with E-state index >= 15 is 0 Å². The number of aryl methyl sites for hydroxylation is 1. The van der Waals surface area contributed by atoms with Crippen molar-refractivity contribution in [2.75, 3.05) is 11.6 Å². The Morgan fingerprint density at radius 1 is 1.19 bits per heavy atom. The van der Waals surface area contributed by atoms with Gasteiger partial charge < -0.3 is 16.1 Å². The predicted octanol–water partition coefficient (Wildman–Crippen LogP) is 2.12. The van der Waals surface area contributed by atoms with E-state index in [1.165, 1.54) is 4.68 Å². The fourth-order valence-electron chi connectivity index (χ4n) is 2.36. The molecule has 6 heteroatoms. The Kier molecular flexibility index (Phi) is 3.35. The molecule has 4 N–H and O–H groups in total.